The molecule has 1 atom stereocenters. The van der Waals surface area contributed by atoms with Gasteiger partial charge >= 0.3 is 5.97 Å². The third-order valence-corrected chi connectivity index (χ3v) is 6.83. The standard InChI is InChI=1S/C27H30N2O5/c1-18-8-10-19(11-9-18)24(30)17-34-27(33)20-12-14-22(15-13-20)29-25(31)16-23(26(29)32)28(2)21-6-4-3-5-7-21/h8-15,21,23H,3-7,16-17H2,1-2H3. The van der Waals surface area contributed by atoms with E-state index in [1.165, 1.54) is 23.5 Å². The van der Waals surface area contributed by atoms with E-state index in [0.717, 1.165) is 31.2 Å². The van der Waals surface area contributed by atoms with Crippen LogP contribution in [-0.4, -0.2) is 54.2 Å². The molecule has 2 amide bonds. The topological polar surface area (TPSA) is 84.0 Å². The SMILES string of the molecule is Cc1ccc(C(=O)COC(=O)c2ccc(N3C(=O)CC(N(C)C4CCCCC4)C3=O)cc2)cc1. The molecule has 0 aromatic heterocycles. The molecule has 7 heteroatoms. The fourth-order valence-corrected chi connectivity index (χ4v) is 4.73. The molecule has 1 unspecified atom stereocenters. The van der Waals surface area contributed by atoms with Crippen molar-refractivity contribution in [1.29, 1.82) is 0 Å². The number of ether oxygens (including phenoxy) is 1. The van der Waals surface area contributed by atoms with Crippen LogP contribution in [0.4, 0.5) is 5.69 Å². The highest BCUT2D eigenvalue weighted by atomic mass is 16.5. The number of hydrogen-bond donors (Lipinski definition) is 0. The van der Waals surface area contributed by atoms with Gasteiger partial charge in [-0.3, -0.25) is 19.3 Å². The molecule has 2 aromatic rings. The summed E-state index contributed by atoms with van der Waals surface area (Å²) in [6.07, 6.45) is 5.80. The van der Waals surface area contributed by atoms with Gasteiger partial charge in [-0.1, -0.05) is 49.1 Å². The Labute approximate surface area is 199 Å². The lowest BCUT2D eigenvalue weighted by atomic mass is 9.93. The smallest absolute Gasteiger partial charge is 0.338 e. The number of amides is 2. The van der Waals surface area contributed by atoms with E-state index in [-0.39, 0.29) is 36.2 Å². The Bertz CT molecular complexity index is 1070. The molecule has 1 saturated heterocycles. The van der Waals surface area contributed by atoms with Crippen molar-refractivity contribution in [3.8, 4) is 0 Å². The second-order valence-corrected chi connectivity index (χ2v) is 9.16. The maximum Gasteiger partial charge on any atom is 0.338 e. The van der Waals surface area contributed by atoms with E-state index in [1.807, 2.05) is 26.1 Å². The van der Waals surface area contributed by atoms with E-state index in [4.69, 9.17) is 4.74 Å². The number of hydrogen-bond acceptors (Lipinski definition) is 6. The van der Waals surface area contributed by atoms with Gasteiger partial charge in [-0.05, 0) is 51.1 Å². The highest BCUT2D eigenvalue weighted by molar-refractivity contribution is 6.22. The minimum Gasteiger partial charge on any atom is -0.454 e. The second-order valence-electron chi connectivity index (χ2n) is 9.16. The summed E-state index contributed by atoms with van der Waals surface area (Å²) in [7, 11) is 1.94. The van der Waals surface area contributed by atoms with Crippen LogP contribution in [0, 0.1) is 6.92 Å². The number of nitrogens with zero attached hydrogens (tertiary/aromatic N) is 2. The molecule has 1 aliphatic carbocycles. The van der Waals surface area contributed by atoms with Gasteiger partial charge in [0.2, 0.25) is 5.91 Å². The first-order valence-electron chi connectivity index (χ1n) is 11.8. The van der Waals surface area contributed by atoms with Crippen LogP contribution < -0.4 is 4.90 Å². The number of carbonyl (C=O) groups is 4. The van der Waals surface area contributed by atoms with Crippen LogP contribution >= 0.6 is 0 Å². The zero-order chi connectivity index (χ0) is 24.2. The summed E-state index contributed by atoms with van der Waals surface area (Å²) in [5.74, 6) is -1.39. The van der Waals surface area contributed by atoms with Crippen molar-refractivity contribution in [2.45, 2.75) is 57.5 Å². The average Bonchev–Trinajstić information content (AvgIpc) is 3.16. The molecule has 2 aromatic carbocycles. The first kappa shape index (κ1) is 23.8. The van der Waals surface area contributed by atoms with Gasteiger partial charge in [-0.2, -0.15) is 0 Å². The largest absolute Gasteiger partial charge is 0.454 e. The molecule has 0 radical (unpaired) electrons. The minimum atomic E-state index is -0.638. The van der Waals surface area contributed by atoms with E-state index in [2.05, 4.69) is 4.90 Å². The van der Waals surface area contributed by atoms with Crippen LogP contribution in [0.3, 0.4) is 0 Å². The minimum absolute atomic E-state index is 0.163. The predicted molar refractivity (Wildman–Crippen MR) is 128 cm³/mol. The summed E-state index contributed by atoms with van der Waals surface area (Å²) in [6.45, 7) is 1.57. The Balaban J connectivity index is 1.37. The van der Waals surface area contributed by atoms with Gasteiger partial charge < -0.3 is 4.74 Å². The zero-order valence-corrected chi connectivity index (χ0v) is 19.7. The molecule has 2 fully saturated rings. The maximum atomic E-state index is 13.1. The lowest BCUT2D eigenvalue weighted by Gasteiger charge is -2.34. The Morgan fingerprint density at radius 3 is 2.21 bits per heavy atom. The molecule has 0 bridgehead atoms. The van der Waals surface area contributed by atoms with Crippen molar-refractivity contribution in [3.63, 3.8) is 0 Å². The molecule has 178 valence electrons. The number of ketones is 1. The molecule has 1 heterocycles. The van der Waals surface area contributed by atoms with Gasteiger partial charge in [0.05, 0.1) is 23.7 Å². The molecule has 34 heavy (non-hydrogen) atoms. The molecule has 0 N–H and O–H groups in total. The zero-order valence-electron chi connectivity index (χ0n) is 19.7. The number of anilines is 1. The Morgan fingerprint density at radius 1 is 0.941 bits per heavy atom. The quantitative estimate of drug-likeness (QED) is 0.352. The van der Waals surface area contributed by atoms with E-state index >= 15 is 0 Å². The van der Waals surface area contributed by atoms with E-state index in [1.54, 1.807) is 24.3 Å². The van der Waals surface area contributed by atoms with Gasteiger partial charge in [0, 0.05) is 11.6 Å². The van der Waals surface area contributed by atoms with Gasteiger partial charge in [0.15, 0.2) is 12.4 Å². The monoisotopic (exact) mass is 462 g/mol. The fraction of sp³-hybridized carbons (Fsp3) is 0.407. The van der Waals surface area contributed by atoms with Crippen molar-refractivity contribution >= 4 is 29.3 Å². The molecule has 1 aliphatic heterocycles. The number of esters is 1. The lowest BCUT2D eigenvalue weighted by Crippen LogP contribution is -2.45. The van der Waals surface area contributed by atoms with Gasteiger partial charge in [0.1, 0.15) is 0 Å². The number of Topliss-reactive ketones (excluding diaryl/α,β-unsaturated/α-hetero) is 1. The normalized spacial score (nSPS) is 19.0. The van der Waals surface area contributed by atoms with Crippen LogP contribution in [0.25, 0.3) is 0 Å². The Kier molecular flexibility index (Phi) is 7.22. The molecular weight excluding hydrogens is 432 g/mol. The number of carbonyl (C=O) groups excluding carboxylic acids is 4. The van der Waals surface area contributed by atoms with E-state index in [0.29, 0.717) is 17.3 Å². The summed E-state index contributed by atoms with van der Waals surface area (Å²) in [5.41, 5.74) is 2.19. The highest BCUT2D eigenvalue weighted by Crippen LogP contribution is 2.30. The van der Waals surface area contributed by atoms with Gasteiger partial charge in [-0.15, -0.1) is 0 Å². The van der Waals surface area contributed by atoms with Crippen LogP contribution in [0.1, 0.15) is 64.8 Å². The Hall–Kier alpha value is -3.32. The third kappa shape index (κ3) is 5.09. The van der Waals surface area contributed by atoms with Gasteiger partial charge in [-0.25, -0.2) is 9.69 Å². The molecule has 2 aliphatic rings. The average molecular weight is 463 g/mol. The molecule has 4 rings (SSSR count). The highest BCUT2D eigenvalue weighted by Gasteiger charge is 2.43. The van der Waals surface area contributed by atoms with Crippen molar-refractivity contribution in [3.05, 3.63) is 65.2 Å². The Morgan fingerprint density at radius 2 is 1.56 bits per heavy atom. The summed E-state index contributed by atoms with van der Waals surface area (Å²) in [5, 5.41) is 0. The maximum absolute atomic E-state index is 13.1. The summed E-state index contributed by atoms with van der Waals surface area (Å²) in [4.78, 5) is 53.7. The summed E-state index contributed by atoms with van der Waals surface area (Å²) in [6, 6.07) is 13.1. The van der Waals surface area contributed by atoms with E-state index < -0.39 is 12.0 Å². The number of rotatable bonds is 7. The van der Waals surface area contributed by atoms with Crippen molar-refractivity contribution in [2.24, 2.45) is 0 Å². The van der Waals surface area contributed by atoms with Crippen LogP contribution in [0.15, 0.2) is 48.5 Å². The number of likely N-dealkylation sites (N-methyl/N-ethyl adjacent to an activating group) is 1. The summed E-state index contributed by atoms with van der Waals surface area (Å²) < 4.78 is 5.16. The van der Waals surface area contributed by atoms with Crippen molar-refractivity contribution in [1.82, 2.24) is 4.90 Å². The van der Waals surface area contributed by atoms with Crippen molar-refractivity contribution < 1.29 is 23.9 Å². The van der Waals surface area contributed by atoms with Gasteiger partial charge in [0.25, 0.3) is 5.91 Å². The van der Waals surface area contributed by atoms with Crippen molar-refractivity contribution in [2.75, 3.05) is 18.6 Å². The first-order chi connectivity index (χ1) is 16.3. The third-order valence-electron chi connectivity index (χ3n) is 6.83. The molecule has 1 saturated carbocycles. The number of aryl methyl sites for hydroxylation is 1. The van der Waals surface area contributed by atoms with Crippen LogP contribution in [0.5, 0.6) is 0 Å². The molecule has 7 nitrogen and oxygen atoms in total. The number of benzene rings is 2. The lowest BCUT2D eigenvalue weighted by molar-refractivity contribution is -0.123. The second kappa shape index (κ2) is 10.3. The van der Waals surface area contributed by atoms with Crippen LogP contribution in [-0.2, 0) is 14.3 Å². The predicted octanol–water partition coefficient (Wildman–Crippen LogP) is 3.93. The molecular formula is C27H30N2O5. The van der Waals surface area contributed by atoms with Crippen LogP contribution in [0.2, 0.25) is 0 Å². The number of imide groups is 1. The summed E-state index contributed by atoms with van der Waals surface area (Å²) >= 11 is 0. The fourth-order valence-electron chi connectivity index (χ4n) is 4.73. The van der Waals surface area contributed by atoms with E-state index in [9.17, 15) is 19.2 Å². The molecule has 0 spiro atoms. The first-order valence-corrected chi connectivity index (χ1v) is 11.8.